The number of carbonyl (C=O) groups is 4. The maximum Gasteiger partial charge on any atom is 0.251 e. The Bertz CT molecular complexity index is 1130. The Morgan fingerprint density at radius 1 is 1.08 bits per heavy atom. The number of amides is 4. The molecule has 8 nitrogen and oxygen atoms in total. The molecule has 9 heteroatoms. The zero-order valence-corrected chi connectivity index (χ0v) is 20.9. The van der Waals surface area contributed by atoms with Crippen LogP contribution in [0.15, 0.2) is 42.5 Å². The zero-order chi connectivity index (χ0) is 26.5. The standard InChI is InChI=1S/C27H32FN3O5/c1-27(2,3)20-10-9-19(14-21(20)28)29-26(35)25(18-7-5-16(6-8-18)15-36-4)31-24(34)13-17-11-22(32)30-23(33)12-17/h5-10,14,17,25H,11-13,15H2,1-4H3,(H,29,35)(H,31,34)(H,30,32,33). The highest BCUT2D eigenvalue weighted by Crippen LogP contribution is 2.28. The molecule has 1 aliphatic heterocycles. The molecule has 1 fully saturated rings. The normalized spacial score (nSPS) is 15.2. The van der Waals surface area contributed by atoms with Gasteiger partial charge in [-0.2, -0.15) is 0 Å². The molecule has 1 heterocycles. The zero-order valence-electron chi connectivity index (χ0n) is 20.9. The molecule has 3 rings (SSSR count). The van der Waals surface area contributed by atoms with Crippen molar-refractivity contribution in [2.45, 2.75) is 58.1 Å². The molecule has 0 aliphatic carbocycles. The fourth-order valence-corrected chi connectivity index (χ4v) is 4.17. The minimum atomic E-state index is -1.08. The monoisotopic (exact) mass is 497 g/mol. The number of rotatable bonds is 8. The van der Waals surface area contributed by atoms with Crippen LogP contribution >= 0.6 is 0 Å². The number of carbonyl (C=O) groups excluding carboxylic acids is 4. The number of nitrogens with one attached hydrogen (secondary N) is 3. The second-order valence-electron chi connectivity index (χ2n) is 10.1. The lowest BCUT2D eigenvalue weighted by Gasteiger charge is -2.23. The van der Waals surface area contributed by atoms with E-state index in [2.05, 4.69) is 16.0 Å². The second-order valence-corrected chi connectivity index (χ2v) is 10.1. The van der Waals surface area contributed by atoms with Crippen molar-refractivity contribution < 1.29 is 28.3 Å². The highest BCUT2D eigenvalue weighted by atomic mass is 19.1. The van der Waals surface area contributed by atoms with Gasteiger partial charge < -0.3 is 15.4 Å². The van der Waals surface area contributed by atoms with Gasteiger partial charge >= 0.3 is 0 Å². The number of anilines is 1. The number of hydrogen-bond donors (Lipinski definition) is 3. The van der Waals surface area contributed by atoms with Crippen molar-refractivity contribution in [2.75, 3.05) is 12.4 Å². The summed E-state index contributed by atoms with van der Waals surface area (Å²) in [6.45, 7) is 6.07. The van der Waals surface area contributed by atoms with Crippen LogP contribution in [0.3, 0.4) is 0 Å². The predicted octanol–water partition coefficient (Wildman–Crippen LogP) is 3.51. The molecule has 2 aromatic carbocycles. The second kappa shape index (κ2) is 11.4. The maximum absolute atomic E-state index is 14.7. The van der Waals surface area contributed by atoms with Gasteiger partial charge in [-0.1, -0.05) is 51.1 Å². The molecule has 0 radical (unpaired) electrons. The van der Waals surface area contributed by atoms with Gasteiger partial charge in [0, 0.05) is 32.1 Å². The van der Waals surface area contributed by atoms with Crippen LogP contribution in [0.4, 0.5) is 10.1 Å². The van der Waals surface area contributed by atoms with Crippen molar-refractivity contribution in [1.82, 2.24) is 10.6 Å². The first-order chi connectivity index (χ1) is 17.0. The van der Waals surface area contributed by atoms with Crippen molar-refractivity contribution in [1.29, 1.82) is 0 Å². The third-order valence-electron chi connectivity index (χ3n) is 5.94. The highest BCUT2D eigenvalue weighted by molar-refractivity contribution is 5.99. The quantitative estimate of drug-likeness (QED) is 0.483. The number of halogens is 1. The minimum absolute atomic E-state index is 0.0567. The molecular formula is C27H32FN3O5. The molecule has 0 spiro atoms. The van der Waals surface area contributed by atoms with Gasteiger partial charge in [-0.25, -0.2) is 4.39 Å². The van der Waals surface area contributed by atoms with Gasteiger partial charge in [0.15, 0.2) is 0 Å². The van der Waals surface area contributed by atoms with E-state index in [1.54, 1.807) is 43.5 Å². The van der Waals surface area contributed by atoms with Crippen LogP contribution in [0.25, 0.3) is 0 Å². The molecule has 3 N–H and O–H groups in total. The van der Waals surface area contributed by atoms with Crippen molar-refractivity contribution in [3.05, 3.63) is 65.0 Å². The summed E-state index contributed by atoms with van der Waals surface area (Å²) in [5.41, 5.74) is 1.79. The van der Waals surface area contributed by atoms with Gasteiger partial charge in [0.2, 0.25) is 17.7 Å². The average molecular weight is 498 g/mol. The van der Waals surface area contributed by atoms with Crippen LogP contribution in [0.5, 0.6) is 0 Å². The topological polar surface area (TPSA) is 114 Å². The third-order valence-corrected chi connectivity index (χ3v) is 5.94. The molecule has 0 aromatic heterocycles. The van der Waals surface area contributed by atoms with E-state index < -0.39 is 46.8 Å². The summed E-state index contributed by atoms with van der Waals surface area (Å²) in [6.07, 6.45) is 0.0296. The van der Waals surface area contributed by atoms with Crippen LogP contribution in [0.1, 0.15) is 62.8 Å². The lowest BCUT2D eigenvalue weighted by atomic mass is 9.86. The van der Waals surface area contributed by atoms with Crippen molar-refractivity contribution in [3.8, 4) is 0 Å². The van der Waals surface area contributed by atoms with Crippen LogP contribution in [0.2, 0.25) is 0 Å². The van der Waals surface area contributed by atoms with Crippen LogP contribution < -0.4 is 16.0 Å². The first kappa shape index (κ1) is 27.0. The van der Waals surface area contributed by atoms with E-state index in [9.17, 15) is 23.6 Å². The number of ether oxygens (including phenoxy) is 1. The summed E-state index contributed by atoms with van der Waals surface area (Å²) in [7, 11) is 1.57. The van der Waals surface area contributed by atoms with Crippen LogP contribution in [0, 0.1) is 11.7 Å². The summed E-state index contributed by atoms with van der Waals surface area (Å²) < 4.78 is 19.8. The third kappa shape index (κ3) is 7.21. The highest BCUT2D eigenvalue weighted by Gasteiger charge is 2.29. The Balaban J connectivity index is 1.79. The molecule has 36 heavy (non-hydrogen) atoms. The van der Waals surface area contributed by atoms with Gasteiger partial charge in [0.25, 0.3) is 5.91 Å². The molecule has 0 saturated carbocycles. The van der Waals surface area contributed by atoms with Crippen LogP contribution in [-0.4, -0.2) is 30.7 Å². The summed E-state index contributed by atoms with van der Waals surface area (Å²) >= 11 is 0. The van der Waals surface area contributed by atoms with E-state index in [-0.39, 0.29) is 24.9 Å². The number of imide groups is 1. The number of benzene rings is 2. The van der Waals surface area contributed by atoms with E-state index in [4.69, 9.17) is 4.74 Å². The van der Waals surface area contributed by atoms with Crippen molar-refractivity contribution >= 4 is 29.3 Å². The van der Waals surface area contributed by atoms with E-state index in [1.807, 2.05) is 20.8 Å². The first-order valence-electron chi connectivity index (χ1n) is 11.8. The summed E-state index contributed by atoms with van der Waals surface area (Å²) in [6, 6.07) is 10.4. The Hall–Kier alpha value is -3.59. The Labute approximate surface area is 210 Å². The number of hydrogen-bond acceptors (Lipinski definition) is 5. The van der Waals surface area contributed by atoms with Gasteiger partial charge in [-0.3, -0.25) is 24.5 Å². The molecule has 0 bridgehead atoms. The molecule has 1 atom stereocenters. The van der Waals surface area contributed by atoms with Crippen LogP contribution in [-0.2, 0) is 35.9 Å². The molecule has 2 aromatic rings. The molecule has 4 amide bonds. The van der Waals surface area contributed by atoms with E-state index in [0.29, 0.717) is 17.7 Å². The SMILES string of the molecule is COCc1ccc(C(NC(=O)CC2CC(=O)NC(=O)C2)C(=O)Nc2ccc(C(C)(C)C)c(F)c2)cc1. The summed E-state index contributed by atoms with van der Waals surface area (Å²) in [4.78, 5) is 49.4. The molecule has 1 unspecified atom stereocenters. The van der Waals surface area contributed by atoms with E-state index in [0.717, 1.165) is 5.56 Å². The van der Waals surface area contributed by atoms with E-state index in [1.165, 1.54) is 6.07 Å². The lowest BCUT2D eigenvalue weighted by molar-refractivity contribution is -0.136. The summed E-state index contributed by atoms with van der Waals surface area (Å²) in [5, 5.41) is 7.61. The molecule has 1 saturated heterocycles. The predicted molar refractivity (Wildman–Crippen MR) is 132 cm³/mol. The van der Waals surface area contributed by atoms with E-state index >= 15 is 0 Å². The smallest absolute Gasteiger partial charge is 0.251 e. The average Bonchev–Trinajstić information content (AvgIpc) is 2.77. The Morgan fingerprint density at radius 2 is 1.72 bits per heavy atom. The fourth-order valence-electron chi connectivity index (χ4n) is 4.17. The van der Waals surface area contributed by atoms with Gasteiger partial charge in [-0.05, 0) is 40.2 Å². The Morgan fingerprint density at radius 3 is 2.28 bits per heavy atom. The Kier molecular flexibility index (Phi) is 8.57. The van der Waals surface area contributed by atoms with Gasteiger partial charge in [-0.15, -0.1) is 0 Å². The number of methoxy groups -OCH3 is 1. The molecular weight excluding hydrogens is 465 g/mol. The van der Waals surface area contributed by atoms with Crippen molar-refractivity contribution in [2.24, 2.45) is 5.92 Å². The van der Waals surface area contributed by atoms with Gasteiger partial charge in [0.1, 0.15) is 11.9 Å². The lowest BCUT2D eigenvalue weighted by Crippen LogP contribution is -2.42. The van der Waals surface area contributed by atoms with Gasteiger partial charge in [0.05, 0.1) is 6.61 Å². The first-order valence-corrected chi connectivity index (χ1v) is 11.8. The minimum Gasteiger partial charge on any atom is -0.380 e. The largest absolute Gasteiger partial charge is 0.380 e. The summed E-state index contributed by atoms with van der Waals surface area (Å²) in [5.74, 6) is -2.76. The number of piperidine rings is 1. The van der Waals surface area contributed by atoms with Crippen molar-refractivity contribution in [3.63, 3.8) is 0 Å². The molecule has 1 aliphatic rings. The maximum atomic E-state index is 14.7. The molecule has 192 valence electrons. The fraction of sp³-hybridized carbons (Fsp3) is 0.407.